The second-order valence-electron chi connectivity index (χ2n) is 5.91. The first-order valence-corrected chi connectivity index (χ1v) is 8.85. The summed E-state index contributed by atoms with van der Waals surface area (Å²) in [6.07, 6.45) is 0. The number of carbonyl (C=O) groups is 2. The van der Waals surface area contributed by atoms with Crippen LogP contribution in [0.25, 0.3) is 0 Å². The highest BCUT2D eigenvalue weighted by atomic mass is 19.3. The minimum Gasteiger partial charge on any atom is -0.455 e. The topological polar surface area (TPSA) is 73.9 Å². The van der Waals surface area contributed by atoms with E-state index < -0.39 is 25.1 Å². The lowest BCUT2D eigenvalue weighted by Crippen LogP contribution is -2.21. The van der Waals surface area contributed by atoms with Crippen molar-refractivity contribution in [2.45, 2.75) is 6.61 Å². The van der Waals surface area contributed by atoms with Gasteiger partial charge in [-0.1, -0.05) is 42.5 Å². The number of amides is 1. The SMILES string of the molecule is O=C(COC(=O)c1ccccc1OC(F)F)Nc1ccccc1Oc1ccccc1. The van der Waals surface area contributed by atoms with Crippen molar-refractivity contribution in [1.82, 2.24) is 0 Å². The van der Waals surface area contributed by atoms with Crippen LogP contribution in [0.5, 0.6) is 17.2 Å². The third-order valence-electron chi connectivity index (χ3n) is 3.79. The molecule has 0 spiro atoms. The number of anilines is 1. The van der Waals surface area contributed by atoms with E-state index in [9.17, 15) is 18.4 Å². The van der Waals surface area contributed by atoms with Crippen molar-refractivity contribution in [2.75, 3.05) is 11.9 Å². The van der Waals surface area contributed by atoms with Crippen molar-refractivity contribution in [3.8, 4) is 17.2 Å². The van der Waals surface area contributed by atoms with Gasteiger partial charge in [-0.25, -0.2) is 4.79 Å². The van der Waals surface area contributed by atoms with Gasteiger partial charge in [-0.05, 0) is 36.4 Å². The first-order valence-electron chi connectivity index (χ1n) is 8.85. The van der Waals surface area contributed by atoms with Crippen LogP contribution in [0.3, 0.4) is 0 Å². The Morgan fingerprint density at radius 1 is 0.833 bits per heavy atom. The summed E-state index contributed by atoms with van der Waals surface area (Å²) in [6.45, 7) is -3.72. The van der Waals surface area contributed by atoms with Crippen LogP contribution in [0.2, 0.25) is 0 Å². The van der Waals surface area contributed by atoms with Crippen LogP contribution in [0.1, 0.15) is 10.4 Å². The van der Waals surface area contributed by atoms with E-state index in [0.717, 1.165) is 0 Å². The molecule has 30 heavy (non-hydrogen) atoms. The summed E-state index contributed by atoms with van der Waals surface area (Å²) in [6, 6.07) is 21.1. The van der Waals surface area contributed by atoms with Gasteiger partial charge in [-0.15, -0.1) is 0 Å². The third-order valence-corrected chi connectivity index (χ3v) is 3.79. The first-order chi connectivity index (χ1) is 14.5. The van der Waals surface area contributed by atoms with Crippen LogP contribution < -0.4 is 14.8 Å². The van der Waals surface area contributed by atoms with Gasteiger partial charge in [0.15, 0.2) is 12.4 Å². The highest BCUT2D eigenvalue weighted by Gasteiger charge is 2.18. The van der Waals surface area contributed by atoms with Gasteiger partial charge >= 0.3 is 12.6 Å². The number of carbonyl (C=O) groups excluding carboxylic acids is 2. The van der Waals surface area contributed by atoms with Crippen molar-refractivity contribution in [3.05, 3.63) is 84.4 Å². The number of esters is 1. The van der Waals surface area contributed by atoms with Crippen LogP contribution in [0.15, 0.2) is 78.9 Å². The maximum Gasteiger partial charge on any atom is 0.387 e. The van der Waals surface area contributed by atoms with E-state index in [-0.39, 0.29) is 11.3 Å². The molecule has 0 aromatic heterocycles. The van der Waals surface area contributed by atoms with Crippen molar-refractivity contribution in [2.24, 2.45) is 0 Å². The van der Waals surface area contributed by atoms with E-state index in [1.165, 1.54) is 24.3 Å². The Labute approximate surface area is 171 Å². The molecule has 6 nitrogen and oxygen atoms in total. The fraction of sp³-hybridized carbons (Fsp3) is 0.0909. The van der Waals surface area contributed by atoms with Crippen LogP contribution in [0.4, 0.5) is 14.5 Å². The molecule has 0 aliphatic carbocycles. The first kappa shape index (κ1) is 20.8. The van der Waals surface area contributed by atoms with E-state index in [4.69, 9.17) is 9.47 Å². The Balaban J connectivity index is 1.61. The summed E-state index contributed by atoms with van der Waals surface area (Å²) < 4.78 is 39.9. The van der Waals surface area contributed by atoms with Gasteiger partial charge in [0, 0.05) is 0 Å². The number of halogens is 2. The molecule has 0 bridgehead atoms. The third kappa shape index (κ3) is 5.78. The molecular formula is C22H17F2NO5. The molecule has 0 atom stereocenters. The minimum atomic E-state index is -3.09. The fourth-order valence-corrected chi connectivity index (χ4v) is 2.50. The summed E-state index contributed by atoms with van der Waals surface area (Å²) in [7, 11) is 0. The molecule has 0 saturated heterocycles. The maximum absolute atomic E-state index is 12.5. The number of ether oxygens (including phenoxy) is 3. The zero-order chi connectivity index (χ0) is 21.3. The molecule has 0 saturated carbocycles. The zero-order valence-electron chi connectivity index (χ0n) is 15.6. The second kappa shape index (κ2) is 10.0. The number of hydrogen-bond donors (Lipinski definition) is 1. The van der Waals surface area contributed by atoms with Gasteiger partial charge < -0.3 is 19.5 Å². The Hall–Kier alpha value is -3.94. The largest absolute Gasteiger partial charge is 0.455 e. The van der Waals surface area contributed by atoms with Gasteiger partial charge in [0.25, 0.3) is 5.91 Å². The minimum absolute atomic E-state index is 0.210. The summed E-state index contributed by atoms with van der Waals surface area (Å²) in [5.41, 5.74) is 0.169. The standard InChI is InChI=1S/C22H17F2NO5/c23-22(24)30-18-12-6-4-10-16(18)21(27)28-14-20(26)25-17-11-5-7-13-19(17)29-15-8-2-1-3-9-15/h1-13,22H,14H2,(H,25,26). The molecule has 8 heteroatoms. The number of para-hydroxylation sites is 4. The second-order valence-corrected chi connectivity index (χ2v) is 5.91. The number of benzene rings is 3. The fourth-order valence-electron chi connectivity index (χ4n) is 2.50. The van der Waals surface area contributed by atoms with Crippen LogP contribution >= 0.6 is 0 Å². The van der Waals surface area contributed by atoms with Crippen LogP contribution in [-0.2, 0) is 9.53 Å². The van der Waals surface area contributed by atoms with E-state index in [2.05, 4.69) is 10.1 Å². The molecule has 1 amide bonds. The van der Waals surface area contributed by atoms with Crippen molar-refractivity contribution >= 4 is 17.6 Å². The van der Waals surface area contributed by atoms with E-state index >= 15 is 0 Å². The van der Waals surface area contributed by atoms with Crippen LogP contribution in [0, 0.1) is 0 Å². The van der Waals surface area contributed by atoms with Gasteiger partial charge in [0.1, 0.15) is 17.1 Å². The van der Waals surface area contributed by atoms with Gasteiger partial charge in [0.2, 0.25) is 0 Å². The zero-order valence-corrected chi connectivity index (χ0v) is 15.6. The molecule has 0 aliphatic heterocycles. The maximum atomic E-state index is 12.5. The highest BCUT2D eigenvalue weighted by Crippen LogP contribution is 2.29. The van der Waals surface area contributed by atoms with Crippen molar-refractivity contribution in [1.29, 1.82) is 0 Å². The number of hydrogen-bond acceptors (Lipinski definition) is 5. The summed E-state index contributed by atoms with van der Waals surface area (Å²) >= 11 is 0. The smallest absolute Gasteiger partial charge is 0.387 e. The Morgan fingerprint density at radius 2 is 1.47 bits per heavy atom. The van der Waals surface area contributed by atoms with E-state index in [1.54, 1.807) is 36.4 Å². The number of rotatable bonds is 8. The predicted molar refractivity (Wildman–Crippen MR) is 105 cm³/mol. The lowest BCUT2D eigenvalue weighted by molar-refractivity contribution is -0.119. The monoisotopic (exact) mass is 413 g/mol. The number of nitrogens with one attached hydrogen (secondary N) is 1. The predicted octanol–water partition coefficient (Wildman–Crippen LogP) is 4.88. The molecule has 3 rings (SSSR count). The van der Waals surface area contributed by atoms with Gasteiger partial charge in [-0.2, -0.15) is 8.78 Å². The molecule has 154 valence electrons. The molecular weight excluding hydrogens is 396 g/mol. The Kier molecular flexibility index (Phi) is 6.94. The lowest BCUT2D eigenvalue weighted by atomic mass is 10.2. The summed E-state index contributed by atoms with van der Waals surface area (Å²) in [5, 5.41) is 2.59. The normalized spacial score (nSPS) is 10.4. The van der Waals surface area contributed by atoms with Crippen molar-refractivity contribution < 1.29 is 32.6 Å². The van der Waals surface area contributed by atoms with E-state index in [1.807, 2.05) is 18.2 Å². The van der Waals surface area contributed by atoms with Crippen LogP contribution in [-0.4, -0.2) is 25.1 Å². The lowest BCUT2D eigenvalue weighted by Gasteiger charge is -2.13. The molecule has 0 radical (unpaired) electrons. The summed E-state index contributed by atoms with van der Waals surface area (Å²) in [4.78, 5) is 24.4. The average molecular weight is 413 g/mol. The highest BCUT2D eigenvalue weighted by molar-refractivity contribution is 5.97. The Bertz CT molecular complexity index is 1010. The molecule has 0 unspecified atom stereocenters. The quantitative estimate of drug-likeness (QED) is 0.533. The Morgan fingerprint density at radius 3 is 2.20 bits per heavy atom. The molecule has 3 aromatic rings. The molecule has 0 aliphatic rings. The van der Waals surface area contributed by atoms with Crippen molar-refractivity contribution in [3.63, 3.8) is 0 Å². The molecule has 1 N–H and O–H groups in total. The van der Waals surface area contributed by atoms with E-state index in [0.29, 0.717) is 17.2 Å². The average Bonchev–Trinajstić information content (AvgIpc) is 2.74. The number of alkyl halides is 2. The molecule has 0 heterocycles. The summed E-state index contributed by atoms with van der Waals surface area (Å²) in [5.74, 6) is -0.935. The van der Waals surface area contributed by atoms with Gasteiger partial charge in [-0.3, -0.25) is 4.79 Å². The van der Waals surface area contributed by atoms with Gasteiger partial charge in [0.05, 0.1) is 5.69 Å². The molecule has 0 fully saturated rings. The molecule has 3 aromatic carbocycles.